The summed E-state index contributed by atoms with van der Waals surface area (Å²) in [7, 11) is -5.17. The van der Waals surface area contributed by atoms with Crippen molar-refractivity contribution in [3.05, 3.63) is 0 Å². The molecule has 10 nitrogen and oxygen atoms in total. The first kappa shape index (κ1) is 75.4. The minimum atomic E-state index is -5.17. The van der Waals surface area contributed by atoms with Gasteiger partial charge >= 0.3 is 39.9 Å². The normalized spacial score (nSPS) is 4.83. The van der Waals surface area contributed by atoms with Crippen LogP contribution in [0.1, 0.15) is 0 Å². The maximum Gasteiger partial charge on any atom is 4.00 e. The first-order valence-corrected chi connectivity index (χ1v) is 2.00. The van der Waals surface area contributed by atoms with Gasteiger partial charge in [0.05, 0.1) is 0 Å². The van der Waals surface area contributed by atoms with Gasteiger partial charge in [-0.25, -0.2) is 0 Å². The second kappa shape index (κ2) is 29.7. The topological polar surface area (TPSA) is 269 Å². The summed E-state index contributed by atoms with van der Waals surface area (Å²) in [5, 5.41) is 0. The molecule has 0 aliphatic heterocycles. The third kappa shape index (κ3) is 1190. The van der Waals surface area contributed by atoms with E-state index in [-0.39, 0.29) is 72.8 Å². The van der Waals surface area contributed by atoms with Gasteiger partial charge in [0.25, 0.3) is 0 Å². The molecule has 0 unspecified atom stereocenters. The summed E-state index contributed by atoms with van der Waals surface area (Å²) < 4.78 is 34.1. The smallest absolute Gasteiger partial charge is 0.759 e. The van der Waals surface area contributed by atoms with Crippen molar-refractivity contribution in [3.63, 3.8) is 0 Å². The zero-order chi connectivity index (χ0) is 4.50. The van der Waals surface area contributed by atoms with Gasteiger partial charge in [-0.2, -0.15) is 0 Å². The molecule has 0 aliphatic rings. The summed E-state index contributed by atoms with van der Waals surface area (Å²) >= 11 is 0. The molecule has 0 aromatic rings. The predicted molar refractivity (Wildman–Crippen MR) is 32.2 cm³/mol. The summed E-state index contributed by atoms with van der Waals surface area (Å²) in [6.07, 6.45) is 0. The fraction of sp³-hybridized carbons (Fsp3) is 0. The molecule has 0 heterocycles. The maximum absolute atomic E-state index is 8.52. The Hall–Kier alpha value is 0.955. The maximum atomic E-state index is 8.52. The van der Waals surface area contributed by atoms with E-state index in [2.05, 4.69) is 0 Å². The van der Waals surface area contributed by atoms with E-state index in [1.54, 1.807) is 0 Å². The molecule has 0 amide bonds. The van der Waals surface area contributed by atoms with Crippen LogP contribution in [-0.4, -0.2) is 50.4 Å². The molecule has 0 spiro atoms. The van der Waals surface area contributed by atoms with E-state index in [0.29, 0.717) is 0 Å². The Morgan fingerprint density at radius 3 is 0.667 bits per heavy atom. The number of hydrogen-bond acceptors (Lipinski definition) is 4. The number of rotatable bonds is 0. The Kier molecular flexibility index (Phi) is 186. The molecule has 0 fully saturated rings. The third-order valence-corrected chi connectivity index (χ3v) is 0. The molecular weight excluding hydrogens is 424 g/mol. The van der Waals surface area contributed by atoms with Crippen molar-refractivity contribution in [1.29, 1.82) is 0 Å². The monoisotopic (exact) mass is 436 g/mol. The zero-order valence-electron chi connectivity index (χ0n) is 5.54. The molecule has 12 heavy (non-hydrogen) atoms. The molecule has 0 saturated carbocycles. The van der Waals surface area contributed by atoms with Gasteiger partial charge in [-0.15, -0.1) is 0 Å². The fourth-order valence-electron chi connectivity index (χ4n) is 0. The van der Waals surface area contributed by atoms with Crippen LogP contribution in [0.25, 0.3) is 0 Å². The first-order valence-electron chi connectivity index (χ1n) is 0.667. The molecule has 0 aromatic heterocycles. The van der Waals surface area contributed by atoms with Crippen molar-refractivity contribution >= 4 is 10.4 Å². The van der Waals surface area contributed by atoms with Gasteiger partial charge in [-0.3, -0.25) is 8.42 Å². The van der Waals surface area contributed by atoms with Crippen LogP contribution in [0, 0.1) is 39.9 Å². The van der Waals surface area contributed by atoms with Gasteiger partial charge in [0.1, 0.15) is 0 Å². The molecule has 0 aromatic carbocycles. The third-order valence-electron chi connectivity index (χ3n) is 0. The van der Waals surface area contributed by atoms with Crippen LogP contribution in [0.15, 0.2) is 0 Å². The van der Waals surface area contributed by atoms with E-state index >= 15 is 0 Å². The Balaban J connectivity index is -0.00000000381. The second-order valence-electron chi connectivity index (χ2n) is 0.408. The van der Waals surface area contributed by atoms with Gasteiger partial charge in [0.15, 0.2) is 0 Å². The molecule has 0 rings (SSSR count). The van der Waals surface area contributed by atoms with Crippen LogP contribution in [0.5, 0.6) is 0 Å². The van der Waals surface area contributed by atoms with Crippen LogP contribution in [-0.2, 0) is 10.4 Å². The van der Waals surface area contributed by atoms with E-state index < -0.39 is 10.4 Å². The van der Waals surface area contributed by atoms with Gasteiger partial charge in [-0.05, 0) is 0 Å². The predicted octanol–water partition coefficient (Wildman–Crippen LogP) is -6.29. The summed E-state index contributed by atoms with van der Waals surface area (Å²) in [5.41, 5.74) is 0. The molecular formula is H12O10STh+2. The first-order chi connectivity index (χ1) is 2.00. The van der Waals surface area contributed by atoms with E-state index in [4.69, 9.17) is 17.5 Å². The van der Waals surface area contributed by atoms with Crippen molar-refractivity contribution < 1.29 is 90.3 Å². The molecule has 0 radical (unpaired) electrons. The van der Waals surface area contributed by atoms with Crippen molar-refractivity contribution in [2.75, 3.05) is 0 Å². The van der Waals surface area contributed by atoms with Gasteiger partial charge in [-0.1, -0.05) is 0 Å². The Morgan fingerprint density at radius 2 is 0.667 bits per heavy atom. The van der Waals surface area contributed by atoms with E-state index in [0.717, 1.165) is 0 Å². The Morgan fingerprint density at radius 1 is 0.667 bits per heavy atom. The average molecular weight is 436 g/mol. The van der Waals surface area contributed by atoms with Crippen LogP contribution in [0.3, 0.4) is 0 Å². The van der Waals surface area contributed by atoms with Crippen LogP contribution >= 0.6 is 0 Å². The molecule has 0 atom stereocenters. The second-order valence-corrected chi connectivity index (χ2v) is 1.22. The van der Waals surface area contributed by atoms with Crippen molar-refractivity contribution in [1.82, 2.24) is 0 Å². The minimum absolute atomic E-state index is 0. The summed E-state index contributed by atoms with van der Waals surface area (Å²) in [5.74, 6) is 0. The van der Waals surface area contributed by atoms with Crippen molar-refractivity contribution in [3.8, 4) is 0 Å². The van der Waals surface area contributed by atoms with Crippen molar-refractivity contribution in [2.24, 2.45) is 0 Å². The minimum Gasteiger partial charge on any atom is -0.759 e. The Bertz CT molecular complexity index is 93.0. The average Bonchev–Trinajstić information content (AvgIpc) is 0.722. The van der Waals surface area contributed by atoms with E-state index in [1.165, 1.54) is 0 Å². The number of hydrogen-bond donors (Lipinski definition) is 0. The summed E-state index contributed by atoms with van der Waals surface area (Å²) in [4.78, 5) is 0. The zero-order valence-corrected chi connectivity index (χ0v) is 10.5. The Labute approximate surface area is 100 Å². The molecule has 12 N–H and O–H groups in total. The van der Waals surface area contributed by atoms with Gasteiger partial charge < -0.3 is 42.0 Å². The molecule has 80 valence electrons. The summed E-state index contributed by atoms with van der Waals surface area (Å²) in [6, 6.07) is 0. The molecule has 0 bridgehead atoms. The van der Waals surface area contributed by atoms with Crippen molar-refractivity contribution in [2.45, 2.75) is 0 Å². The standard InChI is InChI=1S/H2O4S.6H2O.Th/c1-5(2,3)4;;;;;;;/h(H2,1,2,3,4);6*1H2;/q;;;;;;;+4/p-2. The SMILES string of the molecule is O.O.O.O.O.O.O=S(=O)([O-])[O-].[Th+4]. The molecule has 0 saturated heterocycles. The quantitative estimate of drug-likeness (QED) is 0.264. The molecule has 0 aliphatic carbocycles. The van der Waals surface area contributed by atoms with Crippen LogP contribution < -0.4 is 0 Å². The van der Waals surface area contributed by atoms with Gasteiger partial charge in [0, 0.05) is 10.4 Å². The van der Waals surface area contributed by atoms with Crippen LogP contribution in [0.4, 0.5) is 0 Å². The molecule has 12 heteroatoms. The largest absolute Gasteiger partial charge is 4.00 e. The van der Waals surface area contributed by atoms with Crippen LogP contribution in [0.2, 0.25) is 0 Å². The summed E-state index contributed by atoms with van der Waals surface area (Å²) in [6.45, 7) is 0. The van der Waals surface area contributed by atoms with E-state index in [1.807, 2.05) is 0 Å². The fourth-order valence-corrected chi connectivity index (χ4v) is 0. The van der Waals surface area contributed by atoms with Gasteiger partial charge in [0.2, 0.25) is 0 Å². The van der Waals surface area contributed by atoms with E-state index in [9.17, 15) is 0 Å².